The maximum Gasteiger partial charge on any atom is 0.239 e. The van der Waals surface area contributed by atoms with Crippen molar-refractivity contribution in [3.8, 4) is 0 Å². The van der Waals surface area contributed by atoms with Crippen LogP contribution in [0.2, 0.25) is 0 Å². The van der Waals surface area contributed by atoms with Crippen molar-refractivity contribution >= 4 is 11.6 Å². The molecule has 0 spiro atoms. The largest absolute Gasteiger partial charge is 0.376 e. The average molecular weight is 192 g/mol. The fourth-order valence-corrected chi connectivity index (χ4v) is 1.21. The normalized spacial score (nSPS) is 9.57. The highest BCUT2D eigenvalue weighted by molar-refractivity contribution is 5.80. The molecule has 0 atom stereocenters. The van der Waals surface area contributed by atoms with Crippen molar-refractivity contribution in [2.75, 3.05) is 18.4 Å². The topological polar surface area (TPSA) is 41.1 Å². The molecule has 0 aromatic heterocycles. The summed E-state index contributed by atoms with van der Waals surface area (Å²) in [6.45, 7) is 4.93. The number of carbonyl (C=O) groups is 1. The van der Waals surface area contributed by atoms with E-state index < -0.39 is 0 Å². The summed E-state index contributed by atoms with van der Waals surface area (Å²) in [5.74, 6) is 0.0238. The van der Waals surface area contributed by atoms with E-state index in [1.54, 1.807) is 0 Å². The number of hydrogen-bond acceptors (Lipinski definition) is 2. The van der Waals surface area contributed by atoms with Gasteiger partial charge in [0.2, 0.25) is 5.91 Å². The fraction of sp³-hybridized carbons (Fsp3) is 0.364. The summed E-state index contributed by atoms with van der Waals surface area (Å²) in [5.41, 5.74) is 2.16. The van der Waals surface area contributed by atoms with Gasteiger partial charge in [0.05, 0.1) is 6.54 Å². The van der Waals surface area contributed by atoms with Gasteiger partial charge < -0.3 is 10.6 Å². The third kappa shape index (κ3) is 3.09. The van der Waals surface area contributed by atoms with Crippen LogP contribution in [0.25, 0.3) is 0 Å². The first-order valence-electron chi connectivity index (χ1n) is 4.80. The Balaban J connectivity index is 2.46. The molecule has 0 unspecified atom stereocenters. The molecule has 14 heavy (non-hydrogen) atoms. The first-order chi connectivity index (χ1) is 6.74. The van der Waals surface area contributed by atoms with E-state index in [1.807, 2.05) is 38.1 Å². The number of nitrogens with one attached hydrogen (secondary N) is 2. The highest BCUT2D eigenvalue weighted by atomic mass is 16.1. The van der Waals surface area contributed by atoms with Gasteiger partial charge >= 0.3 is 0 Å². The van der Waals surface area contributed by atoms with Gasteiger partial charge in [-0.15, -0.1) is 0 Å². The number of hydrogen-bond donors (Lipinski definition) is 2. The fourth-order valence-electron chi connectivity index (χ4n) is 1.21. The van der Waals surface area contributed by atoms with Crippen LogP contribution in [-0.2, 0) is 4.79 Å². The van der Waals surface area contributed by atoms with E-state index in [1.165, 1.54) is 0 Å². The van der Waals surface area contributed by atoms with Crippen molar-refractivity contribution in [3.63, 3.8) is 0 Å². The number of carbonyl (C=O) groups excluding carboxylic acids is 1. The van der Waals surface area contributed by atoms with Gasteiger partial charge in [-0.2, -0.15) is 0 Å². The Labute approximate surface area is 84.5 Å². The molecule has 0 saturated heterocycles. The van der Waals surface area contributed by atoms with Gasteiger partial charge in [0, 0.05) is 12.2 Å². The molecular formula is C11H16N2O. The number of anilines is 1. The molecule has 0 saturated carbocycles. The van der Waals surface area contributed by atoms with Crippen molar-refractivity contribution in [1.29, 1.82) is 0 Å². The van der Waals surface area contributed by atoms with E-state index in [0.29, 0.717) is 13.1 Å². The van der Waals surface area contributed by atoms with Crippen molar-refractivity contribution in [3.05, 3.63) is 29.8 Å². The second kappa shape index (κ2) is 5.27. The van der Waals surface area contributed by atoms with Crippen LogP contribution in [0.4, 0.5) is 5.69 Å². The molecular weight excluding hydrogens is 176 g/mol. The number of amides is 1. The van der Waals surface area contributed by atoms with Crippen molar-refractivity contribution < 1.29 is 4.79 Å². The average Bonchev–Trinajstić information content (AvgIpc) is 2.17. The Morgan fingerprint density at radius 2 is 2.07 bits per heavy atom. The third-order valence-corrected chi connectivity index (χ3v) is 1.96. The maximum atomic E-state index is 11.2. The zero-order chi connectivity index (χ0) is 10.4. The summed E-state index contributed by atoms with van der Waals surface area (Å²) in [6.07, 6.45) is 0. The van der Waals surface area contributed by atoms with Gasteiger partial charge in [-0.1, -0.05) is 18.2 Å². The number of aryl methyl sites for hydroxylation is 1. The van der Waals surface area contributed by atoms with E-state index in [4.69, 9.17) is 0 Å². The molecule has 0 aliphatic heterocycles. The lowest BCUT2D eigenvalue weighted by molar-refractivity contribution is -0.119. The second-order valence-corrected chi connectivity index (χ2v) is 3.12. The summed E-state index contributed by atoms with van der Waals surface area (Å²) in [5, 5.41) is 5.82. The zero-order valence-electron chi connectivity index (χ0n) is 8.63. The summed E-state index contributed by atoms with van der Waals surface area (Å²) in [4.78, 5) is 11.2. The molecule has 0 fully saturated rings. The lowest BCUT2D eigenvalue weighted by Crippen LogP contribution is -2.29. The van der Waals surface area contributed by atoms with Gasteiger partial charge in [0.1, 0.15) is 0 Å². The zero-order valence-corrected chi connectivity index (χ0v) is 8.63. The minimum atomic E-state index is 0.0238. The predicted molar refractivity (Wildman–Crippen MR) is 58.4 cm³/mol. The minimum Gasteiger partial charge on any atom is -0.376 e. The van der Waals surface area contributed by atoms with Crippen LogP contribution in [0.1, 0.15) is 12.5 Å². The number of rotatable bonds is 4. The SMILES string of the molecule is CCNC(=O)CNc1ccccc1C. The lowest BCUT2D eigenvalue weighted by Gasteiger charge is -2.08. The van der Waals surface area contributed by atoms with Crippen LogP contribution >= 0.6 is 0 Å². The van der Waals surface area contributed by atoms with Gasteiger partial charge in [0.15, 0.2) is 0 Å². The first kappa shape index (κ1) is 10.6. The highest BCUT2D eigenvalue weighted by Crippen LogP contribution is 2.12. The molecule has 76 valence electrons. The molecule has 0 radical (unpaired) electrons. The summed E-state index contributed by atoms with van der Waals surface area (Å²) in [6, 6.07) is 7.91. The van der Waals surface area contributed by atoms with E-state index in [2.05, 4.69) is 10.6 Å². The van der Waals surface area contributed by atoms with Crippen LogP contribution in [0, 0.1) is 6.92 Å². The summed E-state index contributed by atoms with van der Waals surface area (Å²) >= 11 is 0. The van der Waals surface area contributed by atoms with E-state index in [-0.39, 0.29) is 5.91 Å². The van der Waals surface area contributed by atoms with Crippen LogP contribution in [-0.4, -0.2) is 19.0 Å². The van der Waals surface area contributed by atoms with E-state index in [9.17, 15) is 4.79 Å². The Morgan fingerprint density at radius 3 is 2.71 bits per heavy atom. The van der Waals surface area contributed by atoms with Crippen LogP contribution in [0.5, 0.6) is 0 Å². The molecule has 0 aliphatic carbocycles. The van der Waals surface area contributed by atoms with Crippen LogP contribution in [0.15, 0.2) is 24.3 Å². The van der Waals surface area contributed by atoms with Gasteiger partial charge in [0.25, 0.3) is 0 Å². The Hall–Kier alpha value is -1.51. The van der Waals surface area contributed by atoms with Gasteiger partial charge in [-0.05, 0) is 25.5 Å². The Kier molecular flexibility index (Phi) is 3.98. The minimum absolute atomic E-state index is 0.0238. The lowest BCUT2D eigenvalue weighted by atomic mass is 10.2. The van der Waals surface area contributed by atoms with Gasteiger partial charge in [-0.25, -0.2) is 0 Å². The molecule has 0 heterocycles. The van der Waals surface area contributed by atoms with E-state index >= 15 is 0 Å². The molecule has 3 heteroatoms. The smallest absolute Gasteiger partial charge is 0.239 e. The molecule has 1 aromatic carbocycles. The number of likely N-dealkylation sites (N-methyl/N-ethyl adjacent to an activating group) is 1. The van der Waals surface area contributed by atoms with Crippen LogP contribution < -0.4 is 10.6 Å². The monoisotopic (exact) mass is 192 g/mol. The van der Waals surface area contributed by atoms with Crippen LogP contribution in [0.3, 0.4) is 0 Å². The van der Waals surface area contributed by atoms with E-state index in [0.717, 1.165) is 11.3 Å². The van der Waals surface area contributed by atoms with Crippen molar-refractivity contribution in [2.24, 2.45) is 0 Å². The Morgan fingerprint density at radius 1 is 1.36 bits per heavy atom. The molecule has 2 N–H and O–H groups in total. The highest BCUT2D eigenvalue weighted by Gasteiger charge is 1.99. The number of benzene rings is 1. The predicted octanol–water partition coefficient (Wildman–Crippen LogP) is 1.54. The van der Waals surface area contributed by atoms with Gasteiger partial charge in [-0.3, -0.25) is 4.79 Å². The van der Waals surface area contributed by atoms with Crippen molar-refractivity contribution in [1.82, 2.24) is 5.32 Å². The number of para-hydroxylation sites is 1. The maximum absolute atomic E-state index is 11.2. The molecule has 1 aromatic rings. The third-order valence-electron chi connectivity index (χ3n) is 1.96. The Bertz CT molecular complexity index is 310. The summed E-state index contributed by atoms with van der Waals surface area (Å²) in [7, 11) is 0. The quantitative estimate of drug-likeness (QED) is 0.759. The molecule has 3 nitrogen and oxygen atoms in total. The molecule has 1 amide bonds. The standard InChI is InChI=1S/C11H16N2O/c1-3-12-11(14)8-13-10-7-5-4-6-9(10)2/h4-7,13H,3,8H2,1-2H3,(H,12,14). The molecule has 0 bridgehead atoms. The second-order valence-electron chi connectivity index (χ2n) is 3.12. The summed E-state index contributed by atoms with van der Waals surface area (Å²) < 4.78 is 0. The molecule has 0 aliphatic rings. The van der Waals surface area contributed by atoms with Crippen molar-refractivity contribution in [2.45, 2.75) is 13.8 Å². The first-order valence-corrected chi connectivity index (χ1v) is 4.80. The molecule has 1 rings (SSSR count).